The molecule has 4 heteroatoms. The number of rotatable bonds is 7. The Morgan fingerprint density at radius 2 is 2.50 bits per heavy atom. The zero-order valence-electron chi connectivity index (χ0n) is 8.15. The molecule has 0 unspecified atom stereocenters. The summed E-state index contributed by atoms with van der Waals surface area (Å²) in [5.74, 6) is 2.13. The van der Waals surface area contributed by atoms with Crippen LogP contribution in [0.1, 0.15) is 5.69 Å². The largest absolute Gasteiger partial charge is 0.310 e. The molecule has 0 amide bonds. The fraction of sp³-hybridized carbons (Fsp3) is 0.400. The summed E-state index contributed by atoms with van der Waals surface area (Å²) < 4.78 is 0. The molecule has 1 heterocycles. The van der Waals surface area contributed by atoms with Gasteiger partial charge in [-0.2, -0.15) is 11.8 Å². The van der Waals surface area contributed by atoms with Crippen molar-refractivity contribution in [2.45, 2.75) is 6.54 Å². The van der Waals surface area contributed by atoms with Crippen molar-refractivity contribution in [1.82, 2.24) is 15.3 Å². The van der Waals surface area contributed by atoms with E-state index in [1.165, 1.54) is 0 Å². The third-order valence-corrected chi connectivity index (χ3v) is 2.57. The molecular weight excluding hydrogens is 194 g/mol. The highest BCUT2D eigenvalue weighted by atomic mass is 32.2. The Morgan fingerprint density at radius 1 is 1.57 bits per heavy atom. The summed E-state index contributed by atoms with van der Waals surface area (Å²) in [5, 5.41) is 3.32. The van der Waals surface area contributed by atoms with Gasteiger partial charge in [0, 0.05) is 30.8 Å². The second-order valence-corrected chi connectivity index (χ2v) is 3.89. The van der Waals surface area contributed by atoms with Crippen molar-refractivity contribution in [1.29, 1.82) is 0 Å². The molecule has 0 atom stereocenters. The zero-order valence-corrected chi connectivity index (χ0v) is 8.96. The van der Waals surface area contributed by atoms with E-state index in [9.17, 15) is 0 Å². The van der Waals surface area contributed by atoms with Crippen LogP contribution in [0.4, 0.5) is 0 Å². The molecule has 0 bridgehead atoms. The average molecular weight is 209 g/mol. The van der Waals surface area contributed by atoms with E-state index in [4.69, 9.17) is 0 Å². The first-order valence-electron chi connectivity index (χ1n) is 4.57. The summed E-state index contributed by atoms with van der Waals surface area (Å²) in [6, 6.07) is 1.92. The second-order valence-electron chi connectivity index (χ2n) is 2.74. The maximum atomic E-state index is 4.12. The quantitative estimate of drug-likeness (QED) is 0.545. The summed E-state index contributed by atoms with van der Waals surface area (Å²) in [4.78, 5) is 7.98. The second kappa shape index (κ2) is 7.53. The Balaban J connectivity index is 2.02. The maximum Gasteiger partial charge on any atom is 0.115 e. The highest BCUT2D eigenvalue weighted by Gasteiger charge is 1.91. The van der Waals surface area contributed by atoms with Gasteiger partial charge in [-0.3, -0.25) is 0 Å². The molecule has 1 rings (SSSR count). The minimum Gasteiger partial charge on any atom is -0.310 e. The lowest BCUT2D eigenvalue weighted by atomic mass is 10.4. The first-order chi connectivity index (χ1) is 6.93. The number of aromatic nitrogens is 2. The molecule has 0 radical (unpaired) electrons. The van der Waals surface area contributed by atoms with Crippen LogP contribution in [-0.2, 0) is 6.54 Å². The Morgan fingerprint density at radius 3 is 3.21 bits per heavy atom. The van der Waals surface area contributed by atoms with E-state index in [0.717, 1.165) is 30.3 Å². The molecule has 1 aromatic heterocycles. The smallest absolute Gasteiger partial charge is 0.115 e. The SMILES string of the molecule is C=CCSCCNCc1ccncn1. The molecule has 14 heavy (non-hydrogen) atoms. The van der Waals surface area contributed by atoms with Gasteiger partial charge in [0.1, 0.15) is 6.33 Å². The average Bonchev–Trinajstić information content (AvgIpc) is 2.25. The fourth-order valence-corrected chi connectivity index (χ4v) is 1.57. The van der Waals surface area contributed by atoms with E-state index in [-0.39, 0.29) is 0 Å². The first-order valence-corrected chi connectivity index (χ1v) is 5.73. The number of nitrogens with one attached hydrogen (secondary N) is 1. The van der Waals surface area contributed by atoms with Gasteiger partial charge in [-0.15, -0.1) is 6.58 Å². The summed E-state index contributed by atoms with van der Waals surface area (Å²) in [6.45, 7) is 5.49. The Labute approximate surface area is 89.0 Å². The highest BCUT2D eigenvalue weighted by molar-refractivity contribution is 7.99. The fourth-order valence-electron chi connectivity index (χ4n) is 0.950. The Kier molecular flexibility index (Phi) is 6.02. The normalized spacial score (nSPS) is 10.0. The number of nitrogens with zero attached hydrogens (tertiary/aromatic N) is 2. The number of hydrogen-bond donors (Lipinski definition) is 1. The van der Waals surface area contributed by atoms with Crippen molar-refractivity contribution < 1.29 is 0 Å². The summed E-state index contributed by atoms with van der Waals surface area (Å²) in [6.07, 6.45) is 5.26. The maximum absolute atomic E-state index is 4.12. The van der Waals surface area contributed by atoms with E-state index in [0.29, 0.717) is 0 Å². The van der Waals surface area contributed by atoms with E-state index in [1.807, 2.05) is 23.9 Å². The zero-order chi connectivity index (χ0) is 10.1. The van der Waals surface area contributed by atoms with Crippen molar-refractivity contribution in [2.24, 2.45) is 0 Å². The topological polar surface area (TPSA) is 37.8 Å². The van der Waals surface area contributed by atoms with Crippen LogP contribution in [-0.4, -0.2) is 28.0 Å². The van der Waals surface area contributed by atoms with Gasteiger partial charge in [0.15, 0.2) is 0 Å². The van der Waals surface area contributed by atoms with Crippen LogP contribution in [0.3, 0.4) is 0 Å². The van der Waals surface area contributed by atoms with Crippen LogP contribution in [0, 0.1) is 0 Å². The monoisotopic (exact) mass is 209 g/mol. The van der Waals surface area contributed by atoms with Gasteiger partial charge in [0.05, 0.1) is 5.69 Å². The lowest BCUT2D eigenvalue weighted by Gasteiger charge is -2.02. The number of thioether (sulfide) groups is 1. The molecule has 0 spiro atoms. The third-order valence-electron chi connectivity index (χ3n) is 1.61. The minimum atomic E-state index is 0.817. The van der Waals surface area contributed by atoms with Crippen LogP contribution in [0.25, 0.3) is 0 Å². The van der Waals surface area contributed by atoms with Crippen molar-refractivity contribution >= 4 is 11.8 Å². The third kappa shape index (κ3) is 4.99. The van der Waals surface area contributed by atoms with E-state index in [1.54, 1.807) is 12.5 Å². The molecule has 0 aromatic carbocycles. The molecule has 0 saturated heterocycles. The molecule has 0 aliphatic rings. The van der Waals surface area contributed by atoms with E-state index >= 15 is 0 Å². The molecule has 3 nitrogen and oxygen atoms in total. The molecular formula is C10H15N3S. The molecule has 0 fully saturated rings. The van der Waals surface area contributed by atoms with Gasteiger partial charge in [0.2, 0.25) is 0 Å². The van der Waals surface area contributed by atoms with Crippen LogP contribution in [0.2, 0.25) is 0 Å². The summed E-state index contributed by atoms with van der Waals surface area (Å²) in [7, 11) is 0. The van der Waals surface area contributed by atoms with Gasteiger partial charge in [-0.05, 0) is 6.07 Å². The van der Waals surface area contributed by atoms with Gasteiger partial charge in [-0.1, -0.05) is 6.08 Å². The predicted molar refractivity (Wildman–Crippen MR) is 61.3 cm³/mol. The van der Waals surface area contributed by atoms with Gasteiger partial charge >= 0.3 is 0 Å². The lowest BCUT2D eigenvalue weighted by molar-refractivity contribution is 0.713. The highest BCUT2D eigenvalue weighted by Crippen LogP contribution is 1.97. The molecule has 1 aromatic rings. The standard InChI is InChI=1S/C10H15N3S/c1-2-6-14-7-5-11-8-10-3-4-12-9-13-10/h2-4,9,11H,1,5-8H2. The van der Waals surface area contributed by atoms with Crippen LogP contribution >= 0.6 is 11.8 Å². The van der Waals surface area contributed by atoms with E-state index < -0.39 is 0 Å². The van der Waals surface area contributed by atoms with Crippen LogP contribution in [0.15, 0.2) is 31.2 Å². The molecule has 1 N–H and O–H groups in total. The van der Waals surface area contributed by atoms with E-state index in [2.05, 4.69) is 21.9 Å². The molecule has 0 saturated carbocycles. The minimum absolute atomic E-state index is 0.817. The van der Waals surface area contributed by atoms with Crippen molar-refractivity contribution in [2.75, 3.05) is 18.1 Å². The lowest BCUT2D eigenvalue weighted by Crippen LogP contribution is -2.17. The Bertz CT molecular complexity index is 251. The summed E-state index contributed by atoms with van der Waals surface area (Å²) in [5.41, 5.74) is 1.04. The van der Waals surface area contributed by atoms with Crippen molar-refractivity contribution in [3.8, 4) is 0 Å². The van der Waals surface area contributed by atoms with Gasteiger partial charge in [-0.25, -0.2) is 9.97 Å². The summed E-state index contributed by atoms with van der Waals surface area (Å²) >= 11 is 1.88. The van der Waals surface area contributed by atoms with Gasteiger partial charge < -0.3 is 5.32 Å². The van der Waals surface area contributed by atoms with Crippen LogP contribution in [0.5, 0.6) is 0 Å². The van der Waals surface area contributed by atoms with Crippen LogP contribution < -0.4 is 5.32 Å². The number of hydrogen-bond acceptors (Lipinski definition) is 4. The van der Waals surface area contributed by atoms with Gasteiger partial charge in [0.25, 0.3) is 0 Å². The predicted octanol–water partition coefficient (Wildman–Crippen LogP) is 1.49. The Hall–Kier alpha value is -0.870. The van der Waals surface area contributed by atoms with Crippen molar-refractivity contribution in [3.63, 3.8) is 0 Å². The first kappa shape index (κ1) is 11.2. The molecule has 76 valence electrons. The molecule has 0 aliphatic heterocycles. The van der Waals surface area contributed by atoms with Crippen molar-refractivity contribution in [3.05, 3.63) is 36.9 Å². The molecule has 0 aliphatic carbocycles.